The number of likely N-dealkylation sites (N-methyl/N-ethyl adjacent to an activating group) is 2. The molecule has 0 bridgehead atoms. The molecule has 0 aromatic rings. The maximum atomic E-state index is 11.9. The first kappa shape index (κ1) is 15.4. The van der Waals surface area contributed by atoms with Crippen molar-refractivity contribution in [2.24, 2.45) is 0 Å². The van der Waals surface area contributed by atoms with Crippen LogP contribution in [0.4, 0.5) is 0 Å². The van der Waals surface area contributed by atoms with E-state index in [1.54, 1.807) is 0 Å². The number of morpholine rings is 1. The third kappa shape index (κ3) is 5.33. The molecule has 0 saturated carbocycles. The number of amides is 1. The van der Waals surface area contributed by atoms with E-state index in [1.807, 2.05) is 25.8 Å². The summed E-state index contributed by atoms with van der Waals surface area (Å²) in [5.74, 6) is 0.226. The van der Waals surface area contributed by atoms with Crippen LogP contribution < -0.4 is 0 Å². The van der Waals surface area contributed by atoms with Crippen LogP contribution in [0.5, 0.6) is 0 Å². The normalized spacial score (nSPS) is 17.1. The summed E-state index contributed by atoms with van der Waals surface area (Å²) in [6.45, 7) is 11.8. The molecule has 0 N–H and O–H groups in total. The standard InChI is InChI=1S/C13H27N3O2/c1-4-16(5-2)13(17)12-14(3)6-7-15-8-10-18-11-9-15/h4-12H2,1-3H3. The molecule has 1 amide bonds. The molecule has 18 heavy (non-hydrogen) atoms. The van der Waals surface area contributed by atoms with Crippen LogP contribution in [0.3, 0.4) is 0 Å². The zero-order valence-corrected chi connectivity index (χ0v) is 12.0. The van der Waals surface area contributed by atoms with Crippen molar-refractivity contribution in [3.8, 4) is 0 Å². The number of rotatable bonds is 7. The summed E-state index contributed by atoms with van der Waals surface area (Å²) in [4.78, 5) is 18.3. The van der Waals surface area contributed by atoms with E-state index >= 15 is 0 Å². The third-order valence-corrected chi connectivity index (χ3v) is 3.42. The summed E-state index contributed by atoms with van der Waals surface area (Å²) in [6, 6.07) is 0. The Bertz CT molecular complexity index is 238. The Labute approximate surface area is 111 Å². The first-order valence-electron chi connectivity index (χ1n) is 6.93. The van der Waals surface area contributed by atoms with Crippen molar-refractivity contribution < 1.29 is 9.53 Å². The maximum Gasteiger partial charge on any atom is 0.236 e. The van der Waals surface area contributed by atoms with Gasteiger partial charge in [-0.3, -0.25) is 14.6 Å². The van der Waals surface area contributed by atoms with E-state index in [-0.39, 0.29) is 5.91 Å². The minimum Gasteiger partial charge on any atom is -0.379 e. The molecular weight excluding hydrogens is 230 g/mol. The number of nitrogens with zero attached hydrogens (tertiary/aromatic N) is 3. The topological polar surface area (TPSA) is 36.0 Å². The lowest BCUT2D eigenvalue weighted by molar-refractivity contribution is -0.131. The van der Waals surface area contributed by atoms with Crippen LogP contribution in [0.1, 0.15) is 13.8 Å². The molecule has 106 valence electrons. The van der Waals surface area contributed by atoms with E-state index in [2.05, 4.69) is 9.80 Å². The molecule has 1 fully saturated rings. The molecule has 5 nitrogen and oxygen atoms in total. The highest BCUT2D eigenvalue weighted by molar-refractivity contribution is 5.78. The van der Waals surface area contributed by atoms with Gasteiger partial charge in [-0.2, -0.15) is 0 Å². The van der Waals surface area contributed by atoms with Crippen LogP contribution >= 0.6 is 0 Å². The zero-order valence-electron chi connectivity index (χ0n) is 12.0. The van der Waals surface area contributed by atoms with Gasteiger partial charge in [-0.1, -0.05) is 0 Å². The monoisotopic (exact) mass is 257 g/mol. The number of hydrogen-bond acceptors (Lipinski definition) is 4. The fourth-order valence-electron chi connectivity index (χ4n) is 2.12. The molecule has 5 heteroatoms. The molecule has 0 atom stereocenters. The first-order valence-corrected chi connectivity index (χ1v) is 6.93. The van der Waals surface area contributed by atoms with Gasteiger partial charge in [-0.05, 0) is 20.9 Å². The molecule has 0 radical (unpaired) electrons. The minimum atomic E-state index is 0.226. The highest BCUT2D eigenvalue weighted by Crippen LogP contribution is 1.97. The Hall–Kier alpha value is -0.650. The van der Waals surface area contributed by atoms with Crippen LogP contribution in [-0.4, -0.2) is 86.7 Å². The van der Waals surface area contributed by atoms with E-state index in [4.69, 9.17) is 4.74 Å². The van der Waals surface area contributed by atoms with Crippen molar-refractivity contribution in [2.45, 2.75) is 13.8 Å². The summed E-state index contributed by atoms with van der Waals surface area (Å²) in [7, 11) is 2.02. The van der Waals surface area contributed by atoms with Crippen molar-refractivity contribution in [2.75, 3.05) is 66.1 Å². The van der Waals surface area contributed by atoms with Crippen LogP contribution in [0.15, 0.2) is 0 Å². The van der Waals surface area contributed by atoms with Crippen LogP contribution in [0, 0.1) is 0 Å². The smallest absolute Gasteiger partial charge is 0.236 e. The van der Waals surface area contributed by atoms with Crippen molar-refractivity contribution >= 4 is 5.91 Å². The van der Waals surface area contributed by atoms with Crippen molar-refractivity contribution in [1.82, 2.24) is 14.7 Å². The Morgan fingerprint density at radius 1 is 1.22 bits per heavy atom. The van der Waals surface area contributed by atoms with Gasteiger partial charge in [0.15, 0.2) is 0 Å². The Morgan fingerprint density at radius 2 is 1.83 bits per heavy atom. The second-order valence-corrected chi connectivity index (χ2v) is 4.76. The molecule has 1 aliphatic rings. The second kappa shape index (κ2) is 8.45. The van der Waals surface area contributed by atoms with Gasteiger partial charge in [0.1, 0.15) is 0 Å². The molecule has 0 spiro atoms. The average molecular weight is 257 g/mol. The lowest BCUT2D eigenvalue weighted by Gasteiger charge is -2.29. The fourth-order valence-corrected chi connectivity index (χ4v) is 2.12. The molecule has 1 heterocycles. The molecular formula is C13H27N3O2. The largest absolute Gasteiger partial charge is 0.379 e. The quantitative estimate of drug-likeness (QED) is 0.649. The molecule has 1 saturated heterocycles. The zero-order chi connectivity index (χ0) is 13.4. The number of ether oxygens (including phenoxy) is 1. The fraction of sp³-hybridized carbons (Fsp3) is 0.923. The van der Waals surface area contributed by atoms with Crippen molar-refractivity contribution in [1.29, 1.82) is 0 Å². The Kier molecular flexibility index (Phi) is 7.23. The van der Waals surface area contributed by atoms with Crippen LogP contribution in [-0.2, 0) is 9.53 Å². The predicted octanol–water partition coefficient (Wildman–Crippen LogP) is 0.119. The number of carbonyl (C=O) groups is 1. The summed E-state index contributed by atoms with van der Waals surface area (Å²) in [5, 5.41) is 0. The number of hydrogen-bond donors (Lipinski definition) is 0. The van der Waals surface area contributed by atoms with Gasteiger partial charge in [0.25, 0.3) is 0 Å². The van der Waals surface area contributed by atoms with Gasteiger partial charge in [0.2, 0.25) is 5.91 Å². The van der Waals surface area contributed by atoms with E-state index in [1.165, 1.54) is 0 Å². The average Bonchev–Trinajstić information content (AvgIpc) is 2.39. The Morgan fingerprint density at radius 3 is 2.39 bits per heavy atom. The van der Waals surface area contributed by atoms with E-state index < -0.39 is 0 Å². The molecule has 0 aliphatic carbocycles. The van der Waals surface area contributed by atoms with Crippen molar-refractivity contribution in [3.05, 3.63) is 0 Å². The lowest BCUT2D eigenvalue weighted by Crippen LogP contribution is -2.43. The Balaban J connectivity index is 2.19. The van der Waals surface area contributed by atoms with E-state index in [0.717, 1.165) is 52.5 Å². The molecule has 1 aliphatic heterocycles. The first-order chi connectivity index (χ1) is 8.67. The molecule has 1 rings (SSSR count). The second-order valence-electron chi connectivity index (χ2n) is 4.76. The van der Waals surface area contributed by atoms with Gasteiger partial charge in [0, 0.05) is 39.3 Å². The minimum absolute atomic E-state index is 0.226. The van der Waals surface area contributed by atoms with E-state index in [9.17, 15) is 4.79 Å². The van der Waals surface area contributed by atoms with Gasteiger partial charge in [-0.25, -0.2) is 0 Å². The maximum absolute atomic E-state index is 11.9. The molecule has 0 unspecified atom stereocenters. The van der Waals surface area contributed by atoms with Gasteiger partial charge < -0.3 is 9.64 Å². The highest BCUT2D eigenvalue weighted by atomic mass is 16.5. The summed E-state index contributed by atoms with van der Waals surface area (Å²) in [5.41, 5.74) is 0. The SMILES string of the molecule is CCN(CC)C(=O)CN(C)CCN1CCOCC1. The van der Waals surface area contributed by atoms with Crippen molar-refractivity contribution in [3.63, 3.8) is 0 Å². The van der Waals surface area contributed by atoms with Crippen LogP contribution in [0.2, 0.25) is 0 Å². The van der Waals surface area contributed by atoms with Gasteiger partial charge in [0.05, 0.1) is 19.8 Å². The van der Waals surface area contributed by atoms with Gasteiger partial charge >= 0.3 is 0 Å². The number of carbonyl (C=O) groups excluding carboxylic acids is 1. The van der Waals surface area contributed by atoms with Crippen LogP contribution in [0.25, 0.3) is 0 Å². The predicted molar refractivity (Wildman–Crippen MR) is 72.7 cm³/mol. The molecule has 0 aromatic carbocycles. The van der Waals surface area contributed by atoms with Gasteiger partial charge in [-0.15, -0.1) is 0 Å². The summed E-state index contributed by atoms with van der Waals surface area (Å²) >= 11 is 0. The highest BCUT2D eigenvalue weighted by Gasteiger charge is 2.14. The summed E-state index contributed by atoms with van der Waals surface area (Å²) < 4.78 is 5.32. The molecule has 0 aromatic heterocycles. The lowest BCUT2D eigenvalue weighted by atomic mass is 10.3. The van der Waals surface area contributed by atoms with E-state index in [0.29, 0.717) is 6.54 Å². The third-order valence-electron chi connectivity index (χ3n) is 3.42. The summed E-state index contributed by atoms with van der Waals surface area (Å²) in [6.07, 6.45) is 0.